The average molecular weight is 168 g/mol. The van der Waals surface area contributed by atoms with Crippen molar-refractivity contribution in [1.29, 1.82) is 0 Å². The van der Waals surface area contributed by atoms with Crippen molar-refractivity contribution in [3.8, 4) is 0 Å². The van der Waals surface area contributed by atoms with Gasteiger partial charge in [0.25, 0.3) is 0 Å². The van der Waals surface area contributed by atoms with Gasteiger partial charge in [-0.25, -0.2) is 0 Å². The minimum atomic E-state index is 0.125. The average Bonchev–Trinajstić information content (AvgIpc) is 2.06. The highest BCUT2D eigenvalue weighted by Crippen LogP contribution is 2.36. The van der Waals surface area contributed by atoms with Crippen molar-refractivity contribution < 1.29 is 4.74 Å². The minimum absolute atomic E-state index is 0.125. The van der Waals surface area contributed by atoms with Crippen LogP contribution in [0.25, 0.3) is 0 Å². The van der Waals surface area contributed by atoms with Crippen LogP contribution in [0.5, 0.6) is 0 Å². The molecule has 70 valence electrons. The summed E-state index contributed by atoms with van der Waals surface area (Å²) in [6.07, 6.45) is 5.80. The van der Waals surface area contributed by atoms with E-state index in [1.807, 2.05) is 7.11 Å². The Morgan fingerprint density at radius 2 is 2.17 bits per heavy atom. The van der Waals surface area contributed by atoms with Crippen molar-refractivity contribution >= 4 is 0 Å². The fraction of sp³-hybridized carbons (Fsp3) is 0.818. The second kappa shape index (κ2) is 3.61. The lowest BCUT2D eigenvalue weighted by atomic mass is 9.78. The maximum absolute atomic E-state index is 5.64. The monoisotopic (exact) mass is 168 g/mol. The number of hydrogen-bond donors (Lipinski definition) is 0. The van der Waals surface area contributed by atoms with Crippen LogP contribution in [-0.2, 0) is 4.74 Å². The molecule has 1 rings (SSSR count). The molecule has 1 aliphatic rings. The van der Waals surface area contributed by atoms with Crippen LogP contribution in [0.2, 0.25) is 0 Å². The summed E-state index contributed by atoms with van der Waals surface area (Å²) >= 11 is 0. The van der Waals surface area contributed by atoms with Gasteiger partial charge in [-0.2, -0.15) is 0 Å². The Bertz CT molecular complexity index is 181. The lowest BCUT2D eigenvalue weighted by Gasteiger charge is -2.38. The van der Waals surface area contributed by atoms with Crippen LogP contribution in [-0.4, -0.2) is 12.7 Å². The van der Waals surface area contributed by atoms with Crippen molar-refractivity contribution in [3.05, 3.63) is 11.6 Å². The Hall–Kier alpha value is -0.300. The summed E-state index contributed by atoms with van der Waals surface area (Å²) in [5.41, 5.74) is 1.64. The molecule has 1 heteroatoms. The zero-order valence-corrected chi connectivity index (χ0v) is 8.68. The molecular weight excluding hydrogens is 148 g/mol. The molecule has 0 aliphatic heterocycles. The molecule has 0 radical (unpaired) electrons. The fourth-order valence-corrected chi connectivity index (χ4v) is 1.91. The number of ether oxygens (including phenoxy) is 1. The van der Waals surface area contributed by atoms with Gasteiger partial charge in [0, 0.05) is 7.11 Å². The van der Waals surface area contributed by atoms with Crippen LogP contribution < -0.4 is 0 Å². The van der Waals surface area contributed by atoms with Crippen LogP contribution in [0.3, 0.4) is 0 Å². The quantitative estimate of drug-likeness (QED) is 0.575. The summed E-state index contributed by atoms with van der Waals surface area (Å²) in [4.78, 5) is 0. The van der Waals surface area contributed by atoms with E-state index in [2.05, 4.69) is 26.8 Å². The summed E-state index contributed by atoms with van der Waals surface area (Å²) in [6, 6.07) is 0. The third kappa shape index (κ3) is 1.71. The second-order valence-corrected chi connectivity index (χ2v) is 4.18. The molecule has 1 unspecified atom stereocenters. The Labute approximate surface area is 75.8 Å². The maximum Gasteiger partial charge on any atom is 0.0738 e. The van der Waals surface area contributed by atoms with Crippen molar-refractivity contribution in [2.24, 2.45) is 5.92 Å². The standard InChI is InChI=1S/C11H20O/c1-9(2)11(12-4)7-5-10(3)6-8-11/h5,9H,6-8H2,1-4H3. The molecule has 0 heterocycles. The third-order valence-electron chi connectivity index (χ3n) is 3.20. The number of methoxy groups -OCH3 is 1. The lowest BCUT2D eigenvalue weighted by Crippen LogP contribution is -2.38. The minimum Gasteiger partial charge on any atom is -0.378 e. The van der Waals surface area contributed by atoms with Gasteiger partial charge in [0.2, 0.25) is 0 Å². The largest absolute Gasteiger partial charge is 0.378 e. The van der Waals surface area contributed by atoms with Gasteiger partial charge in [-0.15, -0.1) is 0 Å². The Morgan fingerprint density at radius 3 is 2.50 bits per heavy atom. The highest BCUT2D eigenvalue weighted by atomic mass is 16.5. The molecule has 0 N–H and O–H groups in total. The smallest absolute Gasteiger partial charge is 0.0738 e. The van der Waals surface area contributed by atoms with Gasteiger partial charge in [0.15, 0.2) is 0 Å². The third-order valence-corrected chi connectivity index (χ3v) is 3.20. The molecular formula is C11H20O. The molecule has 0 aromatic rings. The Kier molecular flexibility index (Phi) is 2.94. The summed E-state index contributed by atoms with van der Waals surface area (Å²) in [6.45, 7) is 6.70. The van der Waals surface area contributed by atoms with Crippen molar-refractivity contribution in [2.75, 3.05) is 7.11 Å². The summed E-state index contributed by atoms with van der Waals surface area (Å²) in [7, 11) is 1.84. The predicted octanol–water partition coefficient (Wildman–Crippen LogP) is 3.16. The number of hydrogen-bond acceptors (Lipinski definition) is 1. The molecule has 0 saturated heterocycles. The van der Waals surface area contributed by atoms with E-state index in [0.29, 0.717) is 5.92 Å². The first-order valence-corrected chi connectivity index (χ1v) is 4.81. The van der Waals surface area contributed by atoms with Gasteiger partial charge in [-0.1, -0.05) is 25.5 Å². The summed E-state index contributed by atoms with van der Waals surface area (Å²) in [5.74, 6) is 0.617. The summed E-state index contributed by atoms with van der Waals surface area (Å²) < 4.78 is 5.64. The Morgan fingerprint density at radius 1 is 1.50 bits per heavy atom. The van der Waals surface area contributed by atoms with Crippen LogP contribution in [0.4, 0.5) is 0 Å². The highest BCUT2D eigenvalue weighted by molar-refractivity contribution is 5.09. The van der Waals surface area contributed by atoms with E-state index >= 15 is 0 Å². The molecule has 0 aromatic carbocycles. The highest BCUT2D eigenvalue weighted by Gasteiger charge is 2.34. The zero-order valence-electron chi connectivity index (χ0n) is 8.68. The van der Waals surface area contributed by atoms with Gasteiger partial charge in [-0.05, 0) is 32.1 Å². The molecule has 1 atom stereocenters. The van der Waals surface area contributed by atoms with E-state index in [9.17, 15) is 0 Å². The van der Waals surface area contributed by atoms with E-state index < -0.39 is 0 Å². The summed E-state index contributed by atoms with van der Waals surface area (Å²) in [5, 5.41) is 0. The molecule has 0 fully saturated rings. The predicted molar refractivity (Wildman–Crippen MR) is 52.2 cm³/mol. The van der Waals surface area contributed by atoms with E-state index in [4.69, 9.17) is 4.74 Å². The van der Waals surface area contributed by atoms with E-state index in [-0.39, 0.29) is 5.60 Å². The van der Waals surface area contributed by atoms with Gasteiger partial charge < -0.3 is 4.74 Å². The molecule has 0 aromatic heterocycles. The van der Waals surface area contributed by atoms with Crippen LogP contribution in [0, 0.1) is 5.92 Å². The molecule has 0 amide bonds. The first-order chi connectivity index (χ1) is 5.60. The van der Waals surface area contributed by atoms with Crippen molar-refractivity contribution in [2.45, 2.75) is 45.6 Å². The van der Waals surface area contributed by atoms with E-state index in [1.54, 1.807) is 0 Å². The Balaban J connectivity index is 2.71. The normalized spacial score (nSPS) is 30.6. The van der Waals surface area contributed by atoms with Gasteiger partial charge in [0.1, 0.15) is 0 Å². The fourth-order valence-electron chi connectivity index (χ4n) is 1.91. The van der Waals surface area contributed by atoms with Crippen LogP contribution in [0.1, 0.15) is 40.0 Å². The lowest BCUT2D eigenvalue weighted by molar-refractivity contribution is -0.0550. The molecule has 0 spiro atoms. The van der Waals surface area contributed by atoms with Crippen molar-refractivity contribution in [3.63, 3.8) is 0 Å². The first kappa shape index (κ1) is 9.79. The van der Waals surface area contributed by atoms with Crippen LogP contribution in [0.15, 0.2) is 11.6 Å². The van der Waals surface area contributed by atoms with E-state index in [1.165, 1.54) is 18.4 Å². The molecule has 1 aliphatic carbocycles. The van der Waals surface area contributed by atoms with Gasteiger partial charge in [-0.3, -0.25) is 0 Å². The number of rotatable bonds is 2. The first-order valence-electron chi connectivity index (χ1n) is 4.81. The maximum atomic E-state index is 5.64. The SMILES string of the molecule is COC1(C(C)C)CC=C(C)CC1. The topological polar surface area (TPSA) is 9.23 Å². The molecule has 0 saturated carbocycles. The second-order valence-electron chi connectivity index (χ2n) is 4.18. The van der Waals surface area contributed by atoms with Crippen LogP contribution >= 0.6 is 0 Å². The van der Waals surface area contributed by atoms with E-state index in [0.717, 1.165) is 6.42 Å². The van der Waals surface area contributed by atoms with Gasteiger partial charge in [0.05, 0.1) is 5.60 Å². The molecule has 1 nitrogen and oxygen atoms in total. The molecule has 12 heavy (non-hydrogen) atoms. The van der Waals surface area contributed by atoms with Crippen molar-refractivity contribution in [1.82, 2.24) is 0 Å². The molecule has 0 bridgehead atoms. The zero-order chi connectivity index (χ0) is 9.19. The number of allylic oxidation sites excluding steroid dienone is 1. The van der Waals surface area contributed by atoms with Gasteiger partial charge >= 0.3 is 0 Å².